The molecule has 0 bridgehead atoms. The highest BCUT2D eigenvalue weighted by Gasteiger charge is 2.34. The number of carbonyl (C=O) groups excluding carboxylic acids is 2. The zero-order valence-corrected chi connectivity index (χ0v) is 15.9. The summed E-state index contributed by atoms with van der Waals surface area (Å²) in [6.45, 7) is 2.26. The molecular weight excluding hydrogens is 356 g/mol. The maximum Gasteiger partial charge on any atom is 0.265 e. The van der Waals surface area contributed by atoms with Crippen LogP contribution < -0.4 is 5.73 Å². The number of hydrogen-bond acceptors (Lipinski definition) is 4. The Bertz CT molecular complexity index is 788. The van der Waals surface area contributed by atoms with Gasteiger partial charge in [0.2, 0.25) is 15.9 Å². The lowest BCUT2D eigenvalue weighted by molar-refractivity contribution is -0.137. The van der Waals surface area contributed by atoms with Crippen LogP contribution in [0.1, 0.15) is 42.6 Å². The molecule has 3 rings (SSSR count). The van der Waals surface area contributed by atoms with Crippen LogP contribution in [-0.4, -0.2) is 60.2 Å². The molecule has 0 aromatic carbocycles. The Labute approximate surface area is 154 Å². The molecule has 0 radical (unpaired) electrons. The van der Waals surface area contributed by atoms with Crippen LogP contribution in [0.4, 0.5) is 0 Å². The number of piperidine rings is 2. The first-order valence-corrected chi connectivity index (χ1v) is 10.5. The fraction of sp³-hybridized carbons (Fsp3) is 0.647. The third kappa shape index (κ3) is 3.64. The molecule has 0 atom stereocenters. The minimum Gasteiger partial charge on any atom is -0.364 e. The van der Waals surface area contributed by atoms with E-state index in [1.807, 2.05) is 4.90 Å². The van der Waals surface area contributed by atoms with Crippen molar-refractivity contribution < 1.29 is 18.0 Å². The van der Waals surface area contributed by atoms with Gasteiger partial charge in [-0.3, -0.25) is 9.59 Å². The maximum atomic E-state index is 12.8. The number of rotatable bonds is 4. The summed E-state index contributed by atoms with van der Waals surface area (Å²) < 4.78 is 28.5. The van der Waals surface area contributed by atoms with Crippen LogP contribution in [0.5, 0.6) is 0 Å². The molecule has 2 amide bonds. The number of carbonyl (C=O) groups is 2. The van der Waals surface area contributed by atoms with E-state index in [1.54, 1.807) is 7.05 Å². The molecule has 2 saturated heterocycles. The minimum absolute atomic E-state index is 0.0645. The molecule has 26 heavy (non-hydrogen) atoms. The highest BCUT2D eigenvalue weighted by atomic mass is 32.2. The first kappa shape index (κ1) is 18.9. The molecule has 0 aliphatic carbocycles. The third-order valence-corrected chi connectivity index (χ3v) is 7.20. The maximum absolute atomic E-state index is 12.8. The van der Waals surface area contributed by atoms with Gasteiger partial charge in [-0.05, 0) is 38.2 Å². The number of aromatic nitrogens is 1. The number of aryl methyl sites for hydroxylation is 1. The van der Waals surface area contributed by atoms with Crippen LogP contribution >= 0.6 is 0 Å². The summed E-state index contributed by atoms with van der Waals surface area (Å²) in [5.41, 5.74) is 5.41. The number of nitrogens with two attached hydrogens (primary N) is 1. The summed E-state index contributed by atoms with van der Waals surface area (Å²) in [5.74, 6) is -0.603. The summed E-state index contributed by atoms with van der Waals surface area (Å²) in [4.78, 5) is 26.0. The first-order valence-electron chi connectivity index (χ1n) is 9.06. The first-order chi connectivity index (χ1) is 12.3. The Morgan fingerprint density at radius 2 is 1.69 bits per heavy atom. The Balaban J connectivity index is 1.66. The molecule has 1 aromatic rings. The summed E-state index contributed by atoms with van der Waals surface area (Å²) in [6, 6.07) is 1.31. The second-order valence-electron chi connectivity index (χ2n) is 7.10. The Morgan fingerprint density at radius 1 is 1.08 bits per heavy atom. The zero-order chi connectivity index (χ0) is 18.9. The Morgan fingerprint density at radius 3 is 2.23 bits per heavy atom. The molecule has 3 heterocycles. The molecule has 0 saturated carbocycles. The Hall–Kier alpha value is -1.87. The van der Waals surface area contributed by atoms with Gasteiger partial charge in [-0.2, -0.15) is 4.31 Å². The van der Waals surface area contributed by atoms with Crippen LogP contribution in [0.3, 0.4) is 0 Å². The molecule has 1 aromatic heterocycles. The summed E-state index contributed by atoms with van der Waals surface area (Å²) in [5, 5.41) is 0. The van der Waals surface area contributed by atoms with Gasteiger partial charge in [0.05, 0.1) is 0 Å². The molecule has 2 N–H and O–H groups in total. The molecule has 2 aliphatic heterocycles. The van der Waals surface area contributed by atoms with Gasteiger partial charge in [-0.25, -0.2) is 8.42 Å². The number of nitrogens with zero attached hydrogens (tertiary/aromatic N) is 3. The average molecular weight is 382 g/mol. The molecule has 0 unspecified atom stereocenters. The van der Waals surface area contributed by atoms with Gasteiger partial charge >= 0.3 is 0 Å². The molecular formula is C17H26N4O4S. The van der Waals surface area contributed by atoms with Crippen molar-refractivity contribution in [3.05, 3.63) is 18.0 Å². The molecule has 144 valence electrons. The fourth-order valence-corrected chi connectivity index (χ4v) is 5.33. The molecule has 2 aliphatic rings. The minimum atomic E-state index is -3.69. The lowest BCUT2D eigenvalue weighted by Crippen LogP contribution is -2.45. The smallest absolute Gasteiger partial charge is 0.265 e. The van der Waals surface area contributed by atoms with Crippen molar-refractivity contribution >= 4 is 21.8 Å². The van der Waals surface area contributed by atoms with Gasteiger partial charge in [0, 0.05) is 45.3 Å². The third-order valence-electron chi connectivity index (χ3n) is 5.34. The van der Waals surface area contributed by atoms with Crippen molar-refractivity contribution in [3.63, 3.8) is 0 Å². The fourth-order valence-electron chi connectivity index (χ4n) is 3.78. The van der Waals surface area contributed by atoms with Crippen LogP contribution in [0, 0.1) is 5.92 Å². The SMILES string of the molecule is Cn1cc(S(=O)(=O)N2CCC(C(=O)N3CCCCC3)CC2)cc1C(N)=O. The number of sulfonamides is 1. The highest BCUT2D eigenvalue weighted by Crippen LogP contribution is 2.26. The second-order valence-corrected chi connectivity index (χ2v) is 9.04. The Kier molecular flexibility index (Phi) is 5.38. The second kappa shape index (κ2) is 7.40. The van der Waals surface area contributed by atoms with Gasteiger partial charge in [-0.15, -0.1) is 0 Å². The van der Waals surface area contributed by atoms with Gasteiger partial charge in [0.25, 0.3) is 5.91 Å². The van der Waals surface area contributed by atoms with Crippen LogP contribution in [-0.2, 0) is 21.9 Å². The normalized spacial score (nSPS) is 20.3. The van der Waals surface area contributed by atoms with E-state index in [2.05, 4.69) is 0 Å². The van der Waals surface area contributed by atoms with Crippen LogP contribution in [0.15, 0.2) is 17.2 Å². The lowest BCUT2D eigenvalue weighted by atomic mass is 9.95. The largest absolute Gasteiger partial charge is 0.364 e. The number of hydrogen-bond donors (Lipinski definition) is 1. The average Bonchev–Trinajstić information content (AvgIpc) is 3.05. The number of primary amides is 1. The molecule has 0 spiro atoms. The van der Waals surface area contributed by atoms with E-state index in [4.69, 9.17) is 5.73 Å². The van der Waals surface area contributed by atoms with Crippen molar-refractivity contribution in [2.24, 2.45) is 18.7 Å². The molecule has 8 nitrogen and oxygen atoms in total. The quantitative estimate of drug-likeness (QED) is 0.820. The number of amides is 2. The van der Waals surface area contributed by atoms with Crippen molar-refractivity contribution in [2.75, 3.05) is 26.2 Å². The predicted octanol–water partition coefficient (Wildman–Crippen LogP) is 0.537. The van der Waals surface area contributed by atoms with E-state index in [-0.39, 0.29) is 22.4 Å². The predicted molar refractivity (Wildman–Crippen MR) is 95.8 cm³/mol. The van der Waals surface area contributed by atoms with E-state index in [0.29, 0.717) is 25.9 Å². The van der Waals surface area contributed by atoms with Gasteiger partial charge in [0.15, 0.2) is 0 Å². The standard InChI is InChI=1S/C17H26N4O4S/c1-19-12-14(11-15(19)16(18)22)26(24,25)21-9-5-13(6-10-21)17(23)20-7-3-2-4-8-20/h11-13H,2-10H2,1H3,(H2,18,22). The van der Waals surface area contributed by atoms with Crippen LogP contribution in [0.2, 0.25) is 0 Å². The van der Waals surface area contributed by atoms with Crippen molar-refractivity contribution in [3.8, 4) is 0 Å². The molecule has 2 fully saturated rings. The van der Waals surface area contributed by atoms with Gasteiger partial charge in [-0.1, -0.05) is 0 Å². The number of likely N-dealkylation sites (tertiary alicyclic amines) is 1. The van der Waals surface area contributed by atoms with E-state index in [1.165, 1.54) is 27.6 Å². The van der Waals surface area contributed by atoms with Gasteiger partial charge < -0.3 is 15.2 Å². The topological polar surface area (TPSA) is 106 Å². The summed E-state index contributed by atoms with van der Waals surface area (Å²) >= 11 is 0. The van der Waals surface area contributed by atoms with Crippen molar-refractivity contribution in [1.82, 2.24) is 13.8 Å². The summed E-state index contributed by atoms with van der Waals surface area (Å²) in [7, 11) is -2.11. The monoisotopic (exact) mass is 382 g/mol. The van der Waals surface area contributed by atoms with E-state index in [0.717, 1.165) is 25.9 Å². The van der Waals surface area contributed by atoms with E-state index < -0.39 is 15.9 Å². The van der Waals surface area contributed by atoms with E-state index in [9.17, 15) is 18.0 Å². The van der Waals surface area contributed by atoms with Crippen LogP contribution in [0.25, 0.3) is 0 Å². The lowest BCUT2D eigenvalue weighted by Gasteiger charge is -2.35. The molecule has 9 heteroatoms. The van der Waals surface area contributed by atoms with Gasteiger partial charge in [0.1, 0.15) is 10.6 Å². The highest BCUT2D eigenvalue weighted by molar-refractivity contribution is 7.89. The van der Waals surface area contributed by atoms with E-state index >= 15 is 0 Å². The summed E-state index contributed by atoms with van der Waals surface area (Å²) in [6.07, 6.45) is 5.74. The van der Waals surface area contributed by atoms with Crippen molar-refractivity contribution in [1.29, 1.82) is 0 Å². The van der Waals surface area contributed by atoms with Crippen molar-refractivity contribution in [2.45, 2.75) is 37.0 Å². The zero-order valence-electron chi connectivity index (χ0n) is 15.1.